The van der Waals surface area contributed by atoms with Crippen LogP contribution in [-0.4, -0.2) is 6.61 Å². The van der Waals surface area contributed by atoms with Crippen molar-refractivity contribution in [1.29, 1.82) is 0 Å². The van der Waals surface area contributed by atoms with Gasteiger partial charge in [-0.2, -0.15) is 0 Å². The topological polar surface area (TPSA) is 21.6 Å². The normalized spacial score (nSPS) is 22.7. The van der Waals surface area contributed by atoms with E-state index in [-0.39, 0.29) is 0 Å². The molecule has 1 aromatic carbocycles. The summed E-state index contributed by atoms with van der Waals surface area (Å²) in [6.45, 7) is 0.595. The average molecular weight is 159 g/mol. The van der Waals surface area contributed by atoms with E-state index in [1.54, 1.807) is 12.5 Å². The first-order chi connectivity index (χ1) is 5.97. The second-order valence-electron chi connectivity index (χ2n) is 2.52. The molecular weight excluding hydrogens is 150 g/mol. The molecule has 2 nitrogen and oxygen atoms in total. The van der Waals surface area contributed by atoms with Crippen molar-refractivity contribution in [3.05, 3.63) is 47.1 Å². The van der Waals surface area contributed by atoms with E-state index >= 15 is 0 Å². The summed E-state index contributed by atoms with van der Waals surface area (Å²) < 4.78 is 5.23. The van der Waals surface area contributed by atoms with Crippen molar-refractivity contribution in [2.24, 2.45) is 4.99 Å². The van der Waals surface area contributed by atoms with Crippen LogP contribution in [0.1, 0.15) is 0 Å². The quantitative estimate of drug-likeness (QED) is 0.543. The number of para-hydroxylation sites is 1. The molecule has 2 heteroatoms. The molecule has 1 aromatic rings. The smallest absolute Gasteiger partial charge is 0.107 e. The van der Waals surface area contributed by atoms with E-state index in [0.29, 0.717) is 6.61 Å². The highest BCUT2D eigenvalue weighted by molar-refractivity contribution is 5.17. The Labute approximate surface area is 70.5 Å². The number of ether oxygens (including phenoxy) is 1. The van der Waals surface area contributed by atoms with Gasteiger partial charge in [0, 0.05) is 11.4 Å². The summed E-state index contributed by atoms with van der Waals surface area (Å²) in [4.78, 5) is 4.25. The molecule has 1 aliphatic rings. The van der Waals surface area contributed by atoms with E-state index < -0.39 is 0 Å². The number of rotatable bonds is 0. The lowest BCUT2D eigenvalue weighted by Crippen LogP contribution is -2.24. The summed E-state index contributed by atoms with van der Waals surface area (Å²) in [6.07, 6.45) is 5.39. The Morgan fingerprint density at radius 3 is 3.17 bits per heavy atom. The molecule has 1 aliphatic heterocycles. The summed E-state index contributed by atoms with van der Waals surface area (Å²) >= 11 is 0. The summed E-state index contributed by atoms with van der Waals surface area (Å²) in [6, 6.07) is 7.88. The third-order valence-electron chi connectivity index (χ3n) is 1.66. The lowest BCUT2D eigenvalue weighted by molar-refractivity contribution is 0.337. The monoisotopic (exact) mass is 159 g/mol. The maximum atomic E-state index is 5.23. The first kappa shape index (κ1) is 7.10. The number of nitrogens with zero attached hydrogens (tertiary/aromatic N) is 1. The van der Waals surface area contributed by atoms with Crippen molar-refractivity contribution in [2.45, 2.75) is 0 Å². The fraction of sp³-hybridized carbons (Fsp3) is 0.100. The molecule has 0 spiro atoms. The molecule has 60 valence electrons. The fourth-order valence-electron chi connectivity index (χ4n) is 1.07. The van der Waals surface area contributed by atoms with E-state index in [4.69, 9.17) is 4.74 Å². The molecule has 0 atom stereocenters. The molecule has 0 N–H and O–H groups in total. The van der Waals surface area contributed by atoms with Crippen LogP contribution in [0, 0.1) is 0 Å². The minimum Gasteiger partial charge on any atom is -0.496 e. The van der Waals surface area contributed by atoms with Gasteiger partial charge >= 0.3 is 0 Å². The third-order valence-corrected chi connectivity index (χ3v) is 1.66. The molecule has 12 heavy (non-hydrogen) atoms. The van der Waals surface area contributed by atoms with Gasteiger partial charge in [0.15, 0.2) is 0 Å². The van der Waals surface area contributed by atoms with Crippen LogP contribution < -0.4 is 10.6 Å². The van der Waals surface area contributed by atoms with E-state index in [2.05, 4.69) is 4.99 Å². The maximum absolute atomic E-state index is 5.23. The first-order valence-corrected chi connectivity index (χ1v) is 3.86. The SMILES string of the molecule is C1=C/N=c2\cccc\c2=C\OC\1. The van der Waals surface area contributed by atoms with E-state index in [9.17, 15) is 0 Å². The summed E-state index contributed by atoms with van der Waals surface area (Å²) in [7, 11) is 0. The van der Waals surface area contributed by atoms with E-state index in [1.165, 1.54) is 0 Å². The van der Waals surface area contributed by atoms with Gasteiger partial charge in [-0.3, -0.25) is 4.99 Å². The number of hydrogen-bond donors (Lipinski definition) is 0. The Hall–Kier alpha value is -1.57. The summed E-state index contributed by atoms with van der Waals surface area (Å²) in [5.74, 6) is 0. The second-order valence-corrected chi connectivity index (χ2v) is 2.52. The number of benzene rings is 1. The predicted molar refractivity (Wildman–Crippen MR) is 46.8 cm³/mol. The molecule has 0 saturated carbocycles. The number of hydrogen-bond acceptors (Lipinski definition) is 2. The third kappa shape index (κ3) is 1.37. The van der Waals surface area contributed by atoms with Crippen molar-refractivity contribution in [1.82, 2.24) is 0 Å². The van der Waals surface area contributed by atoms with Gasteiger partial charge in [0.05, 0.1) is 11.6 Å². The molecule has 0 bridgehead atoms. The van der Waals surface area contributed by atoms with Gasteiger partial charge in [-0.15, -0.1) is 0 Å². The van der Waals surface area contributed by atoms with Crippen LogP contribution in [0.3, 0.4) is 0 Å². The largest absolute Gasteiger partial charge is 0.496 e. The Morgan fingerprint density at radius 1 is 1.25 bits per heavy atom. The minimum absolute atomic E-state index is 0.595. The van der Waals surface area contributed by atoms with Gasteiger partial charge in [0.2, 0.25) is 0 Å². The standard InChI is InChI=1S/C10H9NO/c1-2-5-10-9(4-1)8-12-7-3-6-11-10/h1-6,8H,7H2/b6-3-,9-8-,11-10+. The van der Waals surface area contributed by atoms with Crippen molar-refractivity contribution < 1.29 is 4.74 Å². The average Bonchev–Trinajstić information content (AvgIpc) is 2.06. The van der Waals surface area contributed by atoms with Gasteiger partial charge in [-0.05, 0) is 18.2 Å². The van der Waals surface area contributed by atoms with Crippen molar-refractivity contribution >= 4 is 6.26 Å². The van der Waals surface area contributed by atoms with Crippen molar-refractivity contribution in [3.63, 3.8) is 0 Å². The van der Waals surface area contributed by atoms with Crippen LogP contribution in [-0.2, 0) is 4.74 Å². The van der Waals surface area contributed by atoms with Gasteiger partial charge in [0.1, 0.15) is 6.61 Å². The zero-order chi connectivity index (χ0) is 8.23. The Morgan fingerprint density at radius 2 is 2.17 bits per heavy atom. The van der Waals surface area contributed by atoms with Crippen molar-refractivity contribution in [2.75, 3.05) is 6.61 Å². The van der Waals surface area contributed by atoms with E-state index in [1.807, 2.05) is 30.3 Å². The Balaban J connectivity index is 2.71. The molecule has 2 rings (SSSR count). The lowest BCUT2D eigenvalue weighted by atomic mass is 10.3. The zero-order valence-corrected chi connectivity index (χ0v) is 6.60. The molecule has 1 heterocycles. The highest BCUT2D eigenvalue weighted by atomic mass is 16.5. The van der Waals surface area contributed by atoms with E-state index in [0.717, 1.165) is 10.6 Å². The highest BCUT2D eigenvalue weighted by Crippen LogP contribution is 1.82. The lowest BCUT2D eigenvalue weighted by Gasteiger charge is -1.96. The number of fused-ring (bicyclic) bond motifs is 1. The molecule has 0 radical (unpaired) electrons. The van der Waals surface area contributed by atoms with Gasteiger partial charge in [-0.25, -0.2) is 0 Å². The molecule has 0 aliphatic carbocycles. The molecule has 0 amide bonds. The summed E-state index contributed by atoms with van der Waals surface area (Å²) in [5.41, 5.74) is 0. The Kier molecular flexibility index (Phi) is 1.90. The van der Waals surface area contributed by atoms with Gasteiger partial charge in [0.25, 0.3) is 0 Å². The van der Waals surface area contributed by atoms with Crippen molar-refractivity contribution in [3.8, 4) is 0 Å². The minimum atomic E-state index is 0.595. The zero-order valence-electron chi connectivity index (χ0n) is 6.60. The molecule has 0 saturated heterocycles. The summed E-state index contributed by atoms with van der Waals surface area (Å²) in [5, 5.41) is 1.98. The van der Waals surface area contributed by atoms with Gasteiger partial charge in [-0.1, -0.05) is 12.1 Å². The van der Waals surface area contributed by atoms with Crippen LogP contribution >= 0.6 is 0 Å². The Bertz CT molecular complexity index is 406. The molecule has 0 aromatic heterocycles. The molecular formula is C10H9NO. The second kappa shape index (κ2) is 3.22. The van der Waals surface area contributed by atoms with Crippen LogP contribution in [0.2, 0.25) is 0 Å². The molecule has 0 fully saturated rings. The van der Waals surface area contributed by atoms with Crippen LogP contribution in [0.15, 0.2) is 41.5 Å². The maximum Gasteiger partial charge on any atom is 0.107 e. The van der Waals surface area contributed by atoms with Gasteiger partial charge < -0.3 is 4.74 Å². The predicted octanol–water partition coefficient (Wildman–Crippen LogP) is 0.588. The van der Waals surface area contributed by atoms with Crippen LogP contribution in [0.25, 0.3) is 6.26 Å². The highest BCUT2D eigenvalue weighted by Gasteiger charge is 1.86. The first-order valence-electron chi connectivity index (χ1n) is 3.86. The van der Waals surface area contributed by atoms with Crippen LogP contribution in [0.4, 0.5) is 0 Å². The fourth-order valence-corrected chi connectivity index (χ4v) is 1.07. The molecule has 0 unspecified atom stereocenters. The van der Waals surface area contributed by atoms with Crippen LogP contribution in [0.5, 0.6) is 0 Å².